The number of carbonyl (C=O) groups is 2. The van der Waals surface area contributed by atoms with Crippen molar-refractivity contribution in [3.63, 3.8) is 0 Å². The number of hydrogen-bond acceptors (Lipinski definition) is 4. The second-order valence-corrected chi connectivity index (χ2v) is 11.5. The molecule has 0 aromatic rings. The lowest BCUT2D eigenvalue weighted by molar-refractivity contribution is -0.152. The predicted octanol–water partition coefficient (Wildman–Crippen LogP) is 5.63. The molecule has 178 valence electrons. The summed E-state index contributed by atoms with van der Waals surface area (Å²) in [6.07, 6.45) is 4.00. The molecule has 0 rings (SSSR count). The number of Topliss-reactive ketones (excluding diaryl/α,β-unsaturated/α-hetero) is 1. The van der Waals surface area contributed by atoms with Crippen LogP contribution in [0.1, 0.15) is 101 Å². The highest BCUT2D eigenvalue weighted by atomic mass is 16.7. The predicted molar refractivity (Wildman–Crippen MR) is 126 cm³/mol. The number of carbonyl (C=O) groups excluding carboxylic acids is 2. The Kier molecular flexibility index (Phi) is 11.8. The van der Waals surface area contributed by atoms with Crippen LogP contribution in [0.25, 0.3) is 0 Å². The van der Waals surface area contributed by atoms with Gasteiger partial charge in [-0.05, 0) is 50.9 Å². The highest BCUT2D eigenvalue weighted by molar-refractivity contribution is 5.85. The van der Waals surface area contributed by atoms with Crippen molar-refractivity contribution >= 4 is 11.7 Å². The van der Waals surface area contributed by atoms with E-state index in [4.69, 9.17) is 4.84 Å². The van der Waals surface area contributed by atoms with E-state index >= 15 is 0 Å². The van der Waals surface area contributed by atoms with Gasteiger partial charge in [0.05, 0.1) is 6.61 Å². The van der Waals surface area contributed by atoms with Gasteiger partial charge in [0.25, 0.3) is 0 Å². The molecule has 0 aromatic carbocycles. The average Bonchev–Trinajstić information content (AvgIpc) is 2.58. The molecule has 5 heteroatoms. The Bertz CT molecular complexity index is 537. The number of ketones is 1. The molecule has 0 aliphatic carbocycles. The molecule has 0 saturated heterocycles. The van der Waals surface area contributed by atoms with Crippen LogP contribution in [0.3, 0.4) is 0 Å². The first kappa shape index (κ1) is 29.1. The molecule has 0 fully saturated rings. The summed E-state index contributed by atoms with van der Waals surface area (Å²) in [5.41, 5.74) is -0.410. The molecule has 0 heterocycles. The van der Waals surface area contributed by atoms with Crippen LogP contribution in [0.2, 0.25) is 0 Å². The Morgan fingerprint density at radius 2 is 1.50 bits per heavy atom. The van der Waals surface area contributed by atoms with Crippen molar-refractivity contribution in [2.45, 2.75) is 107 Å². The molecule has 0 aromatic heterocycles. The summed E-state index contributed by atoms with van der Waals surface area (Å²) in [6, 6.07) is 0. The molecule has 0 aliphatic heterocycles. The Morgan fingerprint density at radius 3 is 2.00 bits per heavy atom. The zero-order valence-electron chi connectivity index (χ0n) is 21.8. The lowest BCUT2D eigenvalue weighted by Gasteiger charge is -2.31. The van der Waals surface area contributed by atoms with Crippen molar-refractivity contribution in [3.05, 3.63) is 0 Å². The normalized spacial score (nSPS) is 13.4. The molecule has 0 saturated carbocycles. The Morgan fingerprint density at radius 1 is 0.933 bits per heavy atom. The molecule has 0 unspecified atom stereocenters. The lowest BCUT2D eigenvalue weighted by Crippen LogP contribution is -2.44. The van der Waals surface area contributed by atoms with Crippen LogP contribution in [0.5, 0.6) is 0 Å². The number of amides is 1. The second kappa shape index (κ2) is 12.2. The van der Waals surface area contributed by atoms with Gasteiger partial charge in [-0.3, -0.25) is 14.4 Å². The van der Waals surface area contributed by atoms with E-state index in [1.165, 1.54) is 0 Å². The lowest BCUT2D eigenvalue weighted by atomic mass is 9.77. The van der Waals surface area contributed by atoms with Gasteiger partial charge in [-0.15, -0.1) is 0 Å². The van der Waals surface area contributed by atoms with E-state index in [2.05, 4.69) is 46.9 Å². The maximum absolute atomic E-state index is 12.4. The number of nitrogens with zero attached hydrogens (tertiary/aromatic N) is 1. The first-order valence-electron chi connectivity index (χ1n) is 11.7. The Balaban J connectivity index is 4.22. The SMILES string of the molecule is CC(C)C(=O)C(C)(C)CCON(C)CCCC(C)(C)NC(=O)CCC(C)(C)C(C)C. The second-order valence-electron chi connectivity index (χ2n) is 11.5. The minimum absolute atomic E-state index is 0.0478. The fraction of sp³-hybridized carbons (Fsp3) is 0.920. The Labute approximate surface area is 186 Å². The summed E-state index contributed by atoms with van der Waals surface area (Å²) in [7, 11) is 1.93. The van der Waals surface area contributed by atoms with Gasteiger partial charge in [-0.25, -0.2) is 0 Å². The first-order chi connectivity index (χ1) is 13.5. The molecule has 30 heavy (non-hydrogen) atoms. The largest absolute Gasteiger partial charge is 0.351 e. The summed E-state index contributed by atoms with van der Waals surface area (Å²) in [5, 5.41) is 5.04. The van der Waals surface area contributed by atoms with Gasteiger partial charge in [-0.1, -0.05) is 55.4 Å². The topological polar surface area (TPSA) is 58.6 Å². The maximum Gasteiger partial charge on any atom is 0.220 e. The molecule has 0 spiro atoms. The third kappa shape index (κ3) is 11.5. The van der Waals surface area contributed by atoms with Crippen LogP contribution in [-0.2, 0) is 14.4 Å². The van der Waals surface area contributed by atoms with E-state index in [1.807, 2.05) is 39.8 Å². The van der Waals surface area contributed by atoms with Crippen molar-refractivity contribution in [1.82, 2.24) is 10.4 Å². The first-order valence-corrected chi connectivity index (χ1v) is 11.7. The number of hydrogen-bond donors (Lipinski definition) is 1. The van der Waals surface area contributed by atoms with E-state index in [9.17, 15) is 9.59 Å². The van der Waals surface area contributed by atoms with Crippen LogP contribution in [0, 0.1) is 22.7 Å². The van der Waals surface area contributed by atoms with Crippen LogP contribution in [-0.4, -0.2) is 42.5 Å². The third-order valence-electron chi connectivity index (χ3n) is 6.54. The summed E-state index contributed by atoms with van der Waals surface area (Å²) >= 11 is 0. The number of nitrogens with one attached hydrogen (secondary N) is 1. The van der Waals surface area contributed by atoms with Gasteiger partial charge < -0.3 is 5.32 Å². The minimum atomic E-state index is -0.356. The van der Waals surface area contributed by atoms with Gasteiger partial charge in [-0.2, -0.15) is 5.06 Å². The highest BCUT2D eigenvalue weighted by Gasteiger charge is 2.29. The zero-order valence-corrected chi connectivity index (χ0v) is 21.8. The fourth-order valence-electron chi connectivity index (χ4n) is 3.40. The minimum Gasteiger partial charge on any atom is -0.351 e. The van der Waals surface area contributed by atoms with Crippen molar-refractivity contribution in [2.75, 3.05) is 20.2 Å². The van der Waals surface area contributed by atoms with E-state index in [0.717, 1.165) is 25.8 Å². The summed E-state index contributed by atoms with van der Waals surface area (Å²) in [6.45, 7) is 22.2. The van der Waals surface area contributed by atoms with Gasteiger partial charge in [0.1, 0.15) is 5.78 Å². The monoisotopic (exact) mass is 426 g/mol. The number of rotatable bonds is 15. The average molecular weight is 427 g/mol. The summed E-state index contributed by atoms with van der Waals surface area (Å²) in [4.78, 5) is 30.4. The third-order valence-corrected chi connectivity index (χ3v) is 6.54. The molecular formula is C25H50N2O3. The van der Waals surface area contributed by atoms with Crippen molar-refractivity contribution in [3.8, 4) is 0 Å². The molecule has 0 radical (unpaired) electrons. The summed E-state index contributed by atoms with van der Waals surface area (Å²) in [5.74, 6) is 1.02. The summed E-state index contributed by atoms with van der Waals surface area (Å²) < 4.78 is 0. The van der Waals surface area contributed by atoms with Gasteiger partial charge in [0.2, 0.25) is 5.91 Å². The smallest absolute Gasteiger partial charge is 0.220 e. The number of hydroxylamine groups is 2. The fourth-order valence-corrected chi connectivity index (χ4v) is 3.40. The van der Waals surface area contributed by atoms with Crippen LogP contribution >= 0.6 is 0 Å². The molecule has 0 atom stereocenters. The van der Waals surface area contributed by atoms with E-state index in [-0.39, 0.29) is 34.0 Å². The van der Waals surface area contributed by atoms with Crippen molar-refractivity contribution in [1.29, 1.82) is 0 Å². The van der Waals surface area contributed by atoms with Crippen LogP contribution in [0.15, 0.2) is 0 Å². The van der Waals surface area contributed by atoms with Crippen LogP contribution < -0.4 is 5.32 Å². The quantitative estimate of drug-likeness (QED) is 0.345. The van der Waals surface area contributed by atoms with E-state index in [1.54, 1.807) is 0 Å². The molecule has 1 N–H and O–H groups in total. The molecular weight excluding hydrogens is 376 g/mol. The van der Waals surface area contributed by atoms with E-state index < -0.39 is 0 Å². The van der Waals surface area contributed by atoms with Crippen molar-refractivity contribution in [2.24, 2.45) is 22.7 Å². The standard InChI is InChI=1S/C25H50N2O3/c1-19(2)22(29)24(7,8)16-18-30-27(11)17-12-14-25(9,10)26-21(28)13-15-23(5,6)20(3)4/h19-20H,12-18H2,1-11H3,(H,26,28). The highest BCUT2D eigenvalue weighted by Crippen LogP contribution is 2.31. The van der Waals surface area contributed by atoms with Gasteiger partial charge >= 0.3 is 0 Å². The van der Waals surface area contributed by atoms with Crippen molar-refractivity contribution < 1.29 is 14.4 Å². The molecule has 0 bridgehead atoms. The zero-order chi connectivity index (χ0) is 23.8. The Hall–Kier alpha value is -0.940. The maximum atomic E-state index is 12.4. The molecule has 0 aliphatic rings. The van der Waals surface area contributed by atoms with Gasteiger partial charge in [0, 0.05) is 36.9 Å². The molecule has 5 nitrogen and oxygen atoms in total. The van der Waals surface area contributed by atoms with E-state index in [0.29, 0.717) is 25.4 Å². The molecule has 1 amide bonds. The van der Waals surface area contributed by atoms with Gasteiger partial charge in [0.15, 0.2) is 0 Å². The van der Waals surface area contributed by atoms with Crippen LogP contribution in [0.4, 0.5) is 0 Å².